The Labute approximate surface area is 158 Å². The highest BCUT2D eigenvalue weighted by molar-refractivity contribution is 7.17. The molecule has 2 aromatic heterocycles. The summed E-state index contributed by atoms with van der Waals surface area (Å²) in [6.45, 7) is 2.15. The Bertz CT molecular complexity index is 927. The van der Waals surface area contributed by atoms with E-state index in [0.717, 1.165) is 36.6 Å². The van der Waals surface area contributed by atoms with Crippen LogP contribution in [-0.2, 0) is 12.8 Å². The monoisotopic (exact) mass is 364 g/mol. The van der Waals surface area contributed by atoms with Crippen LogP contribution in [0.25, 0.3) is 21.3 Å². The van der Waals surface area contributed by atoms with Crippen molar-refractivity contribution >= 4 is 27.4 Å². The number of hydrogen-bond acceptors (Lipinski definition) is 5. The number of rotatable bonds is 3. The highest BCUT2D eigenvalue weighted by Crippen LogP contribution is 2.38. The van der Waals surface area contributed by atoms with Crippen LogP contribution in [0.2, 0.25) is 0 Å². The van der Waals surface area contributed by atoms with Crippen LogP contribution in [-0.4, -0.2) is 29.1 Å². The number of fused-ring (bicyclic) bond motifs is 2. The van der Waals surface area contributed by atoms with E-state index in [4.69, 9.17) is 0 Å². The van der Waals surface area contributed by atoms with E-state index >= 15 is 0 Å². The molecule has 5 rings (SSSR count). The van der Waals surface area contributed by atoms with Gasteiger partial charge < -0.3 is 10.6 Å². The van der Waals surface area contributed by atoms with E-state index in [1.807, 2.05) is 0 Å². The fourth-order valence-corrected chi connectivity index (χ4v) is 5.17. The van der Waals surface area contributed by atoms with Gasteiger partial charge in [-0.05, 0) is 68.3 Å². The molecule has 0 bridgehead atoms. The SMILES string of the molecule is c1nc(NC2CCNCC2)c2c(-c3ccc4c(c3)CCCC4)csc2n1. The summed E-state index contributed by atoms with van der Waals surface area (Å²) in [5.41, 5.74) is 5.64. The lowest BCUT2D eigenvalue weighted by Gasteiger charge is -2.24. The average Bonchev–Trinajstić information content (AvgIpc) is 3.14. The maximum absolute atomic E-state index is 4.61. The Morgan fingerprint density at radius 2 is 1.88 bits per heavy atom. The van der Waals surface area contributed by atoms with Gasteiger partial charge in [0.2, 0.25) is 0 Å². The van der Waals surface area contributed by atoms with Gasteiger partial charge in [0.15, 0.2) is 0 Å². The largest absolute Gasteiger partial charge is 0.367 e. The molecule has 0 radical (unpaired) electrons. The van der Waals surface area contributed by atoms with Gasteiger partial charge in [0.05, 0.1) is 5.39 Å². The van der Waals surface area contributed by atoms with Gasteiger partial charge in [0.1, 0.15) is 17.0 Å². The summed E-state index contributed by atoms with van der Waals surface area (Å²) in [4.78, 5) is 10.2. The second-order valence-electron chi connectivity index (χ2n) is 7.41. The molecule has 26 heavy (non-hydrogen) atoms. The smallest absolute Gasteiger partial charge is 0.139 e. The van der Waals surface area contributed by atoms with Crippen molar-refractivity contribution in [2.45, 2.75) is 44.6 Å². The predicted octanol–water partition coefficient (Wildman–Crippen LogP) is 4.40. The van der Waals surface area contributed by atoms with E-state index in [-0.39, 0.29) is 0 Å². The standard InChI is InChI=1S/C21H24N4S/c1-2-4-15-11-16(6-5-14(15)3-1)18-12-26-21-19(18)20(23-13-24-21)25-17-7-9-22-10-8-17/h5-6,11-13,17,22H,1-4,7-10H2,(H,23,24,25). The number of anilines is 1. The van der Waals surface area contributed by atoms with E-state index in [2.05, 4.69) is 44.2 Å². The molecule has 1 fully saturated rings. The van der Waals surface area contributed by atoms with Gasteiger partial charge in [-0.1, -0.05) is 18.2 Å². The molecular formula is C21H24N4S. The lowest BCUT2D eigenvalue weighted by Crippen LogP contribution is -2.35. The Kier molecular flexibility index (Phi) is 4.35. The summed E-state index contributed by atoms with van der Waals surface area (Å²) in [5, 5.41) is 10.6. The molecule has 0 atom stereocenters. The van der Waals surface area contributed by atoms with Crippen molar-refractivity contribution in [3.05, 3.63) is 41.0 Å². The quantitative estimate of drug-likeness (QED) is 0.723. The highest BCUT2D eigenvalue weighted by atomic mass is 32.1. The first-order chi connectivity index (χ1) is 12.9. The van der Waals surface area contributed by atoms with Crippen LogP contribution in [0.1, 0.15) is 36.8 Å². The van der Waals surface area contributed by atoms with Crippen molar-refractivity contribution in [2.24, 2.45) is 0 Å². The highest BCUT2D eigenvalue weighted by Gasteiger charge is 2.19. The second kappa shape index (κ2) is 6.97. The molecule has 0 amide bonds. The van der Waals surface area contributed by atoms with Crippen molar-refractivity contribution in [3.8, 4) is 11.1 Å². The molecule has 1 aliphatic carbocycles. The molecule has 0 saturated carbocycles. The van der Waals surface area contributed by atoms with E-state index in [0.29, 0.717) is 6.04 Å². The van der Waals surface area contributed by atoms with Crippen molar-refractivity contribution in [1.82, 2.24) is 15.3 Å². The summed E-state index contributed by atoms with van der Waals surface area (Å²) < 4.78 is 0. The van der Waals surface area contributed by atoms with Crippen molar-refractivity contribution < 1.29 is 0 Å². The molecule has 0 unspecified atom stereocenters. The molecule has 0 spiro atoms. The van der Waals surface area contributed by atoms with Gasteiger partial charge >= 0.3 is 0 Å². The van der Waals surface area contributed by atoms with E-state index < -0.39 is 0 Å². The van der Waals surface area contributed by atoms with Crippen LogP contribution < -0.4 is 10.6 Å². The summed E-state index contributed by atoms with van der Waals surface area (Å²) in [6.07, 6.45) is 9.05. The molecule has 3 heterocycles. The molecular weight excluding hydrogens is 340 g/mol. The minimum absolute atomic E-state index is 0.491. The lowest BCUT2D eigenvalue weighted by molar-refractivity contribution is 0.478. The molecule has 2 N–H and O–H groups in total. The number of piperidine rings is 1. The zero-order valence-corrected chi connectivity index (χ0v) is 15.7. The lowest BCUT2D eigenvalue weighted by atomic mass is 9.89. The van der Waals surface area contributed by atoms with Crippen LogP contribution in [0.3, 0.4) is 0 Å². The van der Waals surface area contributed by atoms with Gasteiger partial charge in [-0.15, -0.1) is 11.3 Å². The van der Waals surface area contributed by atoms with Gasteiger partial charge in [-0.25, -0.2) is 9.97 Å². The van der Waals surface area contributed by atoms with Crippen molar-refractivity contribution in [1.29, 1.82) is 0 Å². The molecule has 1 saturated heterocycles. The first-order valence-corrected chi connectivity index (χ1v) is 10.6. The van der Waals surface area contributed by atoms with Crippen LogP contribution in [0.4, 0.5) is 5.82 Å². The summed E-state index contributed by atoms with van der Waals surface area (Å²) in [7, 11) is 0. The van der Waals surface area contributed by atoms with Crippen LogP contribution in [0.15, 0.2) is 29.9 Å². The fraction of sp³-hybridized carbons (Fsp3) is 0.429. The second-order valence-corrected chi connectivity index (χ2v) is 8.27. The average molecular weight is 365 g/mol. The number of benzene rings is 1. The van der Waals surface area contributed by atoms with Crippen LogP contribution in [0.5, 0.6) is 0 Å². The number of aryl methyl sites for hydroxylation is 2. The van der Waals surface area contributed by atoms with Crippen molar-refractivity contribution in [3.63, 3.8) is 0 Å². The zero-order valence-electron chi connectivity index (χ0n) is 14.9. The first-order valence-electron chi connectivity index (χ1n) is 9.70. The molecule has 1 aromatic carbocycles. The van der Waals surface area contributed by atoms with Crippen LogP contribution in [0, 0.1) is 0 Å². The normalized spacial score (nSPS) is 18.0. The molecule has 4 nitrogen and oxygen atoms in total. The summed E-state index contributed by atoms with van der Waals surface area (Å²) >= 11 is 1.72. The predicted molar refractivity (Wildman–Crippen MR) is 109 cm³/mol. The number of aromatic nitrogens is 2. The maximum atomic E-state index is 4.61. The Balaban J connectivity index is 1.55. The Morgan fingerprint density at radius 3 is 2.77 bits per heavy atom. The van der Waals surface area contributed by atoms with E-state index in [9.17, 15) is 0 Å². The maximum Gasteiger partial charge on any atom is 0.139 e. The van der Waals surface area contributed by atoms with Gasteiger partial charge in [0, 0.05) is 17.0 Å². The zero-order chi connectivity index (χ0) is 17.3. The van der Waals surface area contributed by atoms with Gasteiger partial charge in [-0.3, -0.25) is 0 Å². The van der Waals surface area contributed by atoms with E-state index in [1.54, 1.807) is 17.7 Å². The molecule has 134 valence electrons. The molecule has 3 aromatic rings. The Hall–Kier alpha value is -1.98. The summed E-state index contributed by atoms with van der Waals surface area (Å²) in [6, 6.07) is 7.51. The van der Waals surface area contributed by atoms with Gasteiger partial charge in [-0.2, -0.15) is 0 Å². The molecule has 5 heteroatoms. The van der Waals surface area contributed by atoms with Crippen LogP contribution >= 0.6 is 11.3 Å². The first kappa shape index (κ1) is 16.2. The third kappa shape index (κ3) is 2.99. The number of thiophene rings is 1. The fourth-order valence-electron chi connectivity index (χ4n) is 4.26. The number of nitrogens with zero attached hydrogens (tertiary/aromatic N) is 2. The van der Waals surface area contributed by atoms with Gasteiger partial charge in [0.25, 0.3) is 0 Å². The third-order valence-electron chi connectivity index (χ3n) is 5.71. The molecule has 1 aliphatic heterocycles. The minimum Gasteiger partial charge on any atom is -0.367 e. The topological polar surface area (TPSA) is 49.8 Å². The summed E-state index contributed by atoms with van der Waals surface area (Å²) in [5.74, 6) is 0.996. The third-order valence-corrected chi connectivity index (χ3v) is 6.60. The minimum atomic E-state index is 0.491. The number of nitrogens with one attached hydrogen (secondary N) is 2. The van der Waals surface area contributed by atoms with Crippen molar-refractivity contribution in [2.75, 3.05) is 18.4 Å². The Morgan fingerprint density at radius 1 is 1.04 bits per heavy atom. The molecule has 2 aliphatic rings. The van der Waals surface area contributed by atoms with E-state index in [1.165, 1.54) is 53.3 Å². The number of hydrogen-bond donors (Lipinski definition) is 2.